The fraction of sp³-hybridized carbons (Fsp3) is 0.745. The Kier molecular flexibility index (Phi) is 27.2. The number of allylic oxidation sites excluding steroid dienone is 1. The van der Waals surface area contributed by atoms with Crippen molar-refractivity contribution in [1.82, 2.24) is 0 Å². The molecule has 0 fully saturated rings. The molecule has 0 saturated carbocycles. The predicted molar refractivity (Wildman–Crippen MR) is 231 cm³/mol. The first-order valence-electron chi connectivity index (χ1n) is 22.4. The number of carbonyl (C=O) groups excluding carboxylic acids is 2. The maximum atomic E-state index is 14.0. The maximum Gasteiger partial charge on any atom is 0.314 e. The molecule has 8 heteroatoms. The standard InChI is InChI=1S/C47H74N2O4S2/c1-6-10-14-18-22-26-30-38(31-27-23-19-15-11-7-2)45(50)52-41-34-37(5)42(44-43(41)54-47(55-44)40(35-48)36-49)53-46(51)39(32-28-24-20-16-12-8-3)33-29-25-21-17-13-9-4/h34,38-39H,6-33H2,1-5H3. The quantitative estimate of drug-likeness (QED) is 0.0308. The lowest BCUT2D eigenvalue weighted by Gasteiger charge is -2.20. The molecule has 2 rings (SSSR count). The number of nitriles is 2. The van der Waals surface area contributed by atoms with Gasteiger partial charge in [0, 0.05) is 0 Å². The fourth-order valence-electron chi connectivity index (χ4n) is 7.36. The Bertz CT molecular complexity index is 1330. The summed E-state index contributed by atoms with van der Waals surface area (Å²) in [5.41, 5.74) is 0.715. The molecule has 0 unspecified atom stereocenters. The largest absolute Gasteiger partial charge is 0.425 e. The van der Waals surface area contributed by atoms with Crippen molar-refractivity contribution in [2.45, 2.75) is 224 Å². The lowest BCUT2D eigenvalue weighted by atomic mass is 9.94. The second-order valence-corrected chi connectivity index (χ2v) is 18.0. The Balaban J connectivity index is 2.33. The van der Waals surface area contributed by atoms with E-state index in [0.717, 1.165) is 77.0 Å². The number of benzene rings is 1. The molecule has 0 radical (unpaired) electrons. The number of nitrogens with zero attached hydrogens (tertiary/aromatic N) is 2. The van der Waals surface area contributed by atoms with Gasteiger partial charge in [0.15, 0.2) is 0 Å². The second kappa shape index (κ2) is 30.7. The van der Waals surface area contributed by atoms with Crippen LogP contribution in [0.25, 0.3) is 0 Å². The van der Waals surface area contributed by atoms with Gasteiger partial charge < -0.3 is 9.47 Å². The van der Waals surface area contributed by atoms with Crippen LogP contribution in [-0.4, -0.2) is 11.9 Å². The van der Waals surface area contributed by atoms with Crippen LogP contribution in [0, 0.1) is 41.4 Å². The van der Waals surface area contributed by atoms with E-state index in [9.17, 15) is 20.1 Å². The maximum absolute atomic E-state index is 14.0. The molecule has 0 saturated heterocycles. The number of hydrogen-bond donors (Lipinski definition) is 0. The van der Waals surface area contributed by atoms with Crippen molar-refractivity contribution in [3.8, 4) is 23.6 Å². The van der Waals surface area contributed by atoms with E-state index in [0.29, 0.717) is 31.1 Å². The number of hydrogen-bond acceptors (Lipinski definition) is 8. The van der Waals surface area contributed by atoms with Crippen molar-refractivity contribution in [2.24, 2.45) is 11.8 Å². The topological polar surface area (TPSA) is 100 Å². The molecule has 0 N–H and O–H groups in total. The van der Waals surface area contributed by atoms with Crippen LogP contribution >= 0.6 is 23.5 Å². The summed E-state index contributed by atoms with van der Waals surface area (Å²) in [6.45, 7) is 10.8. The lowest BCUT2D eigenvalue weighted by molar-refractivity contribution is -0.141. The van der Waals surface area contributed by atoms with Gasteiger partial charge >= 0.3 is 11.9 Å². The molecule has 55 heavy (non-hydrogen) atoms. The highest BCUT2D eigenvalue weighted by atomic mass is 32.2. The van der Waals surface area contributed by atoms with Gasteiger partial charge in [-0.3, -0.25) is 9.59 Å². The van der Waals surface area contributed by atoms with Crippen molar-refractivity contribution in [3.63, 3.8) is 0 Å². The van der Waals surface area contributed by atoms with Crippen LogP contribution in [0.2, 0.25) is 0 Å². The Labute approximate surface area is 344 Å². The predicted octanol–water partition coefficient (Wildman–Crippen LogP) is 15.5. The number of aryl methyl sites for hydroxylation is 1. The molecule has 0 aromatic heterocycles. The summed E-state index contributed by atoms with van der Waals surface area (Å²) in [6, 6.07) is 5.87. The molecule has 1 aromatic rings. The molecule has 1 aliphatic heterocycles. The third-order valence-corrected chi connectivity index (χ3v) is 13.5. The van der Waals surface area contributed by atoms with Crippen LogP contribution in [0.5, 0.6) is 11.5 Å². The minimum atomic E-state index is -0.213. The smallest absolute Gasteiger partial charge is 0.314 e. The first kappa shape index (κ1) is 48.7. The molecular formula is C47H74N2O4S2. The second-order valence-electron chi connectivity index (χ2n) is 15.7. The van der Waals surface area contributed by atoms with Gasteiger partial charge in [0.2, 0.25) is 0 Å². The Morgan fingerprint density at radius 1 is 0.545 bits per heavy atom. The highest BCUT2D eigenvalue weighted by Gasteiger charge is 2.33. The number of fused-ring (bicyclic) bond motifs is 1. The number of thioether (sulfide) groups is 2. The van der Waals surface area contributed by atoms with Crippen LogP contribution < -0.4 is 9.47 Å². The molecule has 6 nitrogen and oxygen atoms in total. The molecule has 0 amide bonds. The Hall–Kier alpha value is -2.42. The molecule has 1 heterocycles. The molecule has 0 spiro atoms. The van der Waals surface area contributed by atoms with E-state index in [4.69, 9.17) is 9.47 Å². The minimum absolute atomic E-state index is 0.00597. The van der Waals surface area contributed by atoms with Gasteiger partial charge in [0.25, 0.3) is 0 Å². The van der Waals surface area contributed by atoms with Crippen LogP contribution in [0.4, 0.5) is 0 Å². The van der Waals surface area contributed by atoms with E-state index in [1.807, 2.05) is 25.1 Å². The van der Waals surface area contributed by atoms with E-state index in [2.05, 4.69) is 27.7 Å². The van der Waals surface area contributed by atoms with Crippen molar-refractivity contribution in [3.05, 3.63) is 21.4 Å². The highest BCUT2D eigenvalue weighted by molar-refractivity contribution is 8.24. The average Bonchev–Trinajstić information content (AvgIpc) is 3.62. The average molecular weight is 795 g/mol. The molecule has 1 aliphatic rings. The van der Waals surface area contributed by atoms with Gasteiger partial charge in [-0.1, -0.05) is 205 Å². The van der Waals surface area contributed by atoms with Crippen LogP contribution in [-0.2, 0) is 9.59 Å². The van der Waals surface area contributed by atoms with Gasteiger partial charge in [0.1, 0.15) is 29.2 Å². The number of esters is 2. The van der Waals surface area contributed by atoms with Crippen molar-refractivity contribution in [1.29, 1.82) is 10.5 Å². The van der Waals surface area contributed by atoms with Gasteiger partial charge in [-0.25, -0.2) is 0 Å². The summed E-state index contributed by atoms with van der Waals surface area (Å²) < 4.78 is 13.1. The number of rotatable bonds is 32. The Morgan fingerprint density at radius 2 is 0.891 bits per heavy atom. The first-order valence-corrected chi connectivity index (χ1v) is 24.0. The zero-order valence-corrected chi connectivity index (χ0v) is 37.0. The zero-order valence-electron chi connectivity index (χ0n) is 35.4. The van der Waals surface area contributed by atoms with Gasteiger partial charge in [-0.15, -0.1) is 0 Å². The summed E-state index contributed by atoms with van der Waals surface area (Å²) in [5.74, 6) is 0.0886. The number of unbranched alkanes of at least 4 members (excludes halogenated alkanes) is 20. The lowest BCUT2D eigenvalue weighted by Crippen LogP contribution is -2.22. The zero-order chi connectivity index (χ0) is 40.1. The van der Waals surface area contributed by atoms with E-state index in [1.54, 1.807) is 0 Å². The van der Waals surface area contributed by atoms with Crippen molar-refractivity contribution in [2.75, 3.05) is 0 Å². The fourth-order valence-corrected chi connectivity index (χ4v) is 9.91. The SMILES string of the molecule is CCCCCCCCC(CCCCCCCC)C(=O)Oc1cc(C)c(OC(=O)C(CCCCCCCC)CCCCCCCC)c2c1SC(=C(C#N)C#N)S2. The molecule has 0 aliphatic carbocycles. The third kappa shape index (κ3) is 19.1. The number of ether oxygens (including phenoxy) is 2. The summed E-state index contributed by atoms with van der Waals surface area (Å²) in [7, 11) is 0. The molecule has 1 aromatic carbocycles. The van der Waals surface area contributed by atoms with Gasteiger partial charge in [-0.05, 0) is 44.2 Å². The summed E-state index contributed by atoms with van der Waals surface area (Å²) in [5, 5.41) is 19.5. The van der Waals surface area contributed by atoms with Crippen LogP contribution in [0.15, 0.2) is 25.7 Å². The van der Waals surface area contributed by atoms with E-state index in [-0.39, 0.29) is 29.3 Å². The third-order valence-electron chi connectivity index (χ3n) is 10.9. The van der Waals surface area contributed by atoms with Crippen molar-refractivity contribution >= 4 is 35.5 Å². The molecule has 308 valence electrons. The monoisotopic (exact) mass is 795 g/mol. The van der Waals surface area contributed by atoms with Gasteiger partial charge in [-0.2, -0.15) is 10.5 Å². The minimum Gasteiger partial charge on any atom is -0.425 e. The van der Waals surface area contributed by atoms with Crippen molar-refractivity contribution < 1.29 is 19.1 Å². The van der Waals surface area contributed by atoms with Crippen LogP contribution in [0.3, 0.4) is 0 Å². The van der Waals surface area contributed by atoms with Crippen LogP contribution in [0.1, 0.15) is 213 Å². The Morgan fingerprint density at radius 3 is 1.27 bits per heavy atom. The normalized spacial score (nSPS) is 12.2. The van der Waals surface area contributed by atoms with Gasteiger partial charge in [0.05, 0.1) is 25.9 Å². The summed E-state index contributed by atoms with van der Waals surface area (Å²) in [6.07, 6.45) is 31.4. The van der Waals surface area contributed by atoms with E-state index in [1.165, 1.54) is 126 Å². The molecule has 0 bridgehead atoms. The summed E-state index contributed by atoms with van der Waals surface area (Å²) >= 11 is 2.54. The first-order chi connectivity index (χ1) is 26.8. The summed E-state index contributed by atoms with van der Waals surface area (Å²) in [4.78, 5) is 29.3. The molecular weight excluding hydrogens is 721 g/mol. The molecule has 0 atom stereocenters. The van der Waals surface area contributed by atoms with E-state index < -0.39 is 0 Å². The highest BCUT2D eigenvalue weighted by Crippen LogP contribution is 2.60. The van der Waals surface area contributed by atoms with E-state index >= 15 is 0 Å². The number of carbonyl (C=O) groups is 2.